The number of hydrogen-bond donors (Lipinski definition) is 1. The minimum absolute atomic E-state index is 0.605. The third-order valence-electron chi connectivity index (χ3n) is 4.91. The van der Waals surface area contributed by atoms with Crippen LogP contribution in [0.3, 0.4) is 0 Å². The summed E-state index contributed by atoms with van der Waals surface area (Å²) in [4.78, 5) is 2.78. The molecule has 0 bridgehead atoms. The van der Waals surface area contributed by atoms with Gasteiger partial charge in [0.1, 0.15) is 0 Å². The lowest BCUT2D eigenvalue weighted by Crippen LogP contribution is -2.41. The minimum atomic E-state index is 0.605. The fraction of sp³-hybridized carbons (Fsp3) is 1.00. The second-order valence-corrected chi connectivity index (χ2v) is 6.93. The first-order valence-corrected chi connectivity index (χ1v) is 7.49. The molecule has 2 rings (SSSR count). The molecule has 2 fully saturated rings. The molecule has 2 nitrogen and oxygen atoms in total. The van der Waals surface area contributed by atoms with E-state index in [1.807, 2.05) is 0 Å². The molecule has 2 heteroatoms. The Morgan fingerprint density at radius 3 is 2.41 bits per heavy atom. The largest absolute Gasteiger partial charge is 0.320 e. The highest BCUT2D eigenvalue weighted by atomic mass is 15.2. The fourth-order valence-corrected chi connectivity index (χ4v) is 3.67. The molecule has 100 valence electrons. The van der Waals surface area contributed by atoms with E-state index < -0.39 is 0 Å². The standard InChI is InChI=1S/C15H30N2/c1-15(2)8-4-14(12-15)17-10-6-13(7-11-17)5-9-16-3/h13-14,16H,4-12H2,1-3H3. The van der Waals surface area contributed by atoms with Crippen molar-refractivity contribution in [3.8, 4) is 0 Å². The smallest absolute Gasteiger partial charge is 0.0100 e. The molecule has 1 aliphatic carbocycles. The van der Waals surface area contributed by atoms with Crippen molar-refractivity contribution in [2.45, 2.75) is 58.4 Å². The van der Waals surface area contributed by atoms with Crippen LogP contribution in [0.25, 0.3) is 0 Å². The number of nitrogens with one attached hydrogen (secondary N) is 1. The quantitative estimate of drug-likeness (QED) is 0.810. The van der Waals surface area contributed by atoms with Crippen LogP contribution in [-0.4, -0.2) is 37.6 Å². The zero-order chi connectivity index (χ0) is 12.3. The number of nitrogens with zero attached hydrogens (tertiary/aromatic N) is 1. The summed E-state index contributed by atoms with van der Waals surface area (Å²) in [5.74, 6) is 0.980. The molecule has 0 amide bonds. The van der Waals surface area contributed by atoms with E-state index >= 15 is 0 Å². The van der Waals surface area contributed by atoms with Gasteiger partial charge in [0.25, 0.3) is 0 Å². The van der Waals surface area contributed by atoms with Gasteiger partial charge in [0.15, 0.2) is 0 Å². The van der Waals surface area contributed by atoms with Gasteiger partial charge in [0.05, 0.1) is 0 Å². The first-order valence-electron chi connectivity index (χ1n) is 7.49. The summed E-state index contributed by atoms with van der Waals surface area (Å²) in [5.41, 5.74) is 0.605. The second-order valence-electron chi connectivity index (χ2n) is 6.93. The van der Waals surface area contributed by atoms with E-state index in [1.165, 1.54) is 58.2 Å². The number of hydrogen-bond acceptors (Lipinski definition) is 2. The summed E-state index contributed by atoms with van der Waals surface area (Å²) in [6.45, 7) is 8.78. The van der Waals surface area contributed by atoms with Crippen molar-refractivity contribution < 1.29 is 0 Å². The number of rotatable bonds is 4. The lowest BCUT2D eigenvalue weighted by Gasteiger charge is -2.36. The van der Waals surface area contributed by atoms with Crippen LogP contribution in [0.1, 0.15) is 52.4 Å². The first kappa shape index (κ1) is 13.4. The molecular weight excluding hydrogens is 208 g/mol. The van der Waals surface area contributed by atoms with E-state index in [9.17, 15) is 0 Å². The van der Waals surface area contributed by atoms with Crippen LogP contribution in [0.15, 0.2) is 0 Å². The molecule has 1 heterocycles. The summed E-state index contributed by atoms with van der Waals surface area (Å²) in [6.07, 6.45) is 8.53. The number of piperidine rings is 1. The molecule has 2 aliphatic rings. The highest BCUT2D eigenvalue weighted by Crippen LogP contribution is 2.40. The Morgan fingerprint density at radius 1 is 1.18 bits per heavy atom. The van der Waals surface area contributed by atoms with Gasteiger partial charge >= 0.3 is 0 Å². The molecule has 1 unspecified atom stereocenters. The van der Waals surface area contributed by atoms with Crippen LogP contribution in [0.5, 0.6) is 0 Å². The molecule has 1 atom stereocenters. The van der Waals surface area contributed by atoms with Gasteiger partial charge in [-0.1, -0.05) is 13.8 Å². The van der Waals surface area contributed by atoms with Crippen LogP contribution >= 0.6 is 0 Å². The summed E-state index contributed by atoms with van der Waals surface area (Å²) < 4.78 is 0. The summed E-state index contributed by atoms with van der Waals surface area (Å²) in [5, 5.41) is 3.28. The second kappa shape index (κ2) is 5.71. The van der Waals surface area contributed by atoms with Crippen molar-refractivity contribution in [1.29, 1.82) is 0 Å². The van der Waals surface area contributed by atoms with Gasteiger partial charge in [-0.25, -0.2) is 0 Å². The van der Waals surface area contributed by atoms with Crippen molar-refractivity contribution in [1.82, 2.24) is 10.2 Å². The van der Waals surface area contributed by atoms with Gasteiger partial charge in [-0.3, -0.25) is 0 Å². The van der Waals surface area contributed by atoms with Crippen molar-refractivity contribution in [3.63, 3.8) is 0 Å². The zero-order valence-corrected chi connectivity index (χ0v) is 12.0. The Labute approximate surface area is 107 Å². The van der Waals surface area contributed by atoms with Crippen LogP contribution in [0.2, 0.25) is 0 Å². The van der Waals surface area contributed by atoms with Crippen molar-refractivity contribution in [2.75, 3.05) is 26.7 Å². The summed E-state index contributed by atoms with van der Waals surface area (Å²) in [7, 11) is 2.07. The Bertz CT molecular complexity index is 229. The molecule has 1 saturated carbocycles. The maximum absolute atomic E-state index is 3.28. The lowest BCUT2D eigenvalue weighted by atomic mass is 9.90. The predicted octanol–water partition coefficient (Wildman–Crippen LogP) is 2.89. The predicted molar refractivity (Wildman–Crippen MR) is 74.3 cm³/mol. The van der Waals surface area contributed by atoms with Crippen molar-refractivity contribution >= 4 is 0 Å². The van der Waals surface area contributed by atoms with E-state index in [0.717, 1.165) is 12.0 Å². The first-order chi connectivity index (χ1) is 8.11. The topological polar surface area (TPSA) is 15.3 Å². The van der Waals surface area contributed by atoms with Gasteiger partial charge < -0.3 is 10.2 Å². The van der Waals surface area contributed by atoms with Gasteiger partial charge in [0.2, 0.25) is 0 Å². The van der Waals surface area contributed by atoms with Crippen molar-refractivity contribution in [3.05, 3.63) is 0 Å². The fourth-order valence-electron chi connectivity index (χ4n) is 3.67. The highest BCUT2D eigenvalue weighted by Gasteiger charge is 2.35. The van der Waals surface area contributed by atoms with Gasteiger partial charge in [-0.15, -0.1) is 0 Å². The highest BCUT2D eigenvalue weighted by molar-refractivity contribution is 4.89. The van der Waals surface area contributed by atoms with Crippen LogP contribution in [-0.2, 0) is 0 Å². The zero-order valence-electron chi connectivity index (χ0n) is 12.0. The van der Waals surface area contributed by atoms with Crippen LogP contribution in [0, 0.1) is 11.3 Å². The van der Waals surface area contributed by atoms with Gasteiger partial charge in [-0.05, 0) is 76.5 Å². The van der Waals surface area contributed by atoms with E-state index in [2.05, 4.69) is 31.1 Å². The molecule has 1 saturated heterocycles. The summed E-state index contributed by atoms with van der Waals surface area (Å²) >= 11 is 0. The maximum atomic E-state index is 3.28. The van der Waals surface area contributed by atoms with Gasteiger partial charge in [-0.2, -0.15) is 0 Å². The Morgan fingerprint density at radius 2 is 1.88 bits per heavy atom. The number of likely N-dealkylation sites (tertiary alicyclic amines) is 1. The third-order valence-corrected chi connectivity index (χ3v) is 4.91. The lowest BCUT2D eigenvalue weighted by molar-refractivity contribution is 0.124. The Kier molecular flexibility index (Phi) is 4.48. The van der Waals surface area contributed by atoms with Crippen molar-refractivity contribution in [2.24, 2.45) is 11.3 Å². The molecule has 17 heavy (non-hydrogen) atoms. The van der Waals surface area contributed by atoms with E-state index in [4.69, 9.17) is 0 Å². The Hall–Kier alpha value is -0.0800. The molecule has 1 N–H and O–H groups in total. The minimum Gasteiger partial charge on any atom is -0.320 e. The average Bonchev–Trinajstić information content (AvgIpc) is 2.68. The molecule has 0 spiro atoms. The molecule has 1 aliphatic heterocycles. The van der Waals surface area contributed by atoms with E-state index in [-0.39, 0.29) is 0 Å². The monoisotopic (exact) mass is 238 g/mol. The molecule has 0 aromatic rings. The van der Waals surface area contributed by atoms with Crippen LogP contribution in [0.4, 0.5) is 0 Å². The Balaban J connectivity index is 1.72. The normalized spacial score (nSPS) is 30.9. The van der Waals surface area contributed by atoms with Gasteiger partial charge in [0, 0.05) is 6.04 Å². The molecule has 0 radical (unpaired) electrons. The molecule has 0 aromatic carbocycles. The molecule has 0 aromatic heterocycles. The van der Waals surface area contributed by atoms with E-state index in [1.54, 1.807) is 0 Å². The summed E-state index contributed by atoms with van der Waals surface area (Å²) in [6, 6.07) is 0.898. The van der Waals surface area contributed by atoms with Crippen LogP contribution < -0.4 is 5.32 Å². The molecular formula is C15H30N2. The third kappa shape index (κ3) is 3.69. The SMILES string of the molecule is CNCCC1CCN(C2CCC(C)(C)C2)CC1. The van der Waals surface area contributed by atoms with E-state index in [0.29, 0.717) is 5.41 Å². The average molecular weight is 238 g/mol. The maximum Gasteiger partial charge on any atom is 0.0100 e.